The van der Waals surface area contributed by atoms with E-state index in [2.05, 4.69) is 26.1 Å². The van der Waals surface area contributed by atoms with Crippen LogP contribution in [0.2, 0.25) is 5.02 Å². The number of rotatable bonds is 8. The summed E-state index contributed by atoms with van der Waals surface area (Å²) in [6.45, 7) is 10.7. The third-order valence-electron chi connectivity index (χ3n) is 5.00. The Morgan fingerprint density at radius 2 is 1.91 bits per heavy atom. The van der Waals surface area contributed by atoms with Gasteiger partial charge in [0.05, 0.1) is 29.4 Å². The first-order valence-corrected chi connectivity index (χ1v) is 12.3. The minimum absolute atomic E-state index is 0.0268. The predicted octanol–water partition coefficient (Wildman–Crippen LogP) is 5.55. The van der Waals surface area contributed by atoms with Crippen molar-refractivity contribution in [2.45, 2.75) is 46.5 Å². The van der Waals surface area contributed by atoms with Crippen molar-refractivity contribution >= 4 is 40.6 Å². The number of thiophene rings is 1. The van der Waals surface area contributed by atoms with E-state index in [1.165, 1.54) is 0 Å². The summed E-state index contributed by atoms with van der Waals surface area (Å²) in [5.74, 6) is 0.430. The first-order chi connectivity index (χ1) is 15.5. The third-order valence-corrected chi connectivity index (χ3v) is 6.20. The van der Waals surface area contributed by atoms with Crippen molar-refractivity contribution in [2.24, 2.45) is 5.92 Å². The van der Waals surface area contributed by atoms with Crippen LogP contribution in [0, 0.1) is 5.92 Å². The maximum Gasteiger partial charge on any atom is 0.245 e. The highest BCUT2D eigenvalue weighted by atomic mass is 35.5. The average molecular weight is 487 g/mol. The maximum atomic E-state index is 13.1. The van der Waals surface area contributed by atoms with Crippen LogP contribution in [0.4, 0.5) is 5.82 Å². The molecule has 2 heterocycles. The van der Waals surface area contributed by atoms with Crippen LogP contribution in [-0.2, 0) is 21.4 Å². The zero-order valence-corrected chi connectivity index (χ0v) is 21.3. The van der Waals surface area contributed by atoms with E-state index in [0.717, 1.165) is 10.6 Å². The molecule has 0 fully saturated rings. The van der Waals surface area contributed by atoms with E-state index in [0.29, 0.717) is 29.5 Å². The average Bonchev–Trinajstić information content (AvgIpc) is 3.37. The number of halogens is 1. The molecule has 0 atom stereocenters. The highest BCUT2D eigenvalue weighted by Crippen LogP contribution is 2.29. The molecule has 0 saturated heterocycles. The molecule has 0 aliphatic carbocycles. The van der Waals surface area contributed by atoms with Crippen LogP contribution in [0.15, 0.2) is 47.8 Å². The van der Waals surface area contributed by atoms with Crippen molar-refractivity contribution in [1.29, 1.82) is 0 Å². The molecule has 0 saturated carbocycles. The third kappa shape index (κ3) is 6.68. The van der Waals surface area contributed by atoms with Crippen LogP contribution in [0.3, 0.4) is 0 Å². The van der Waals surface area contributed by atoms with Gasteiger partial charge in [-0.05, 0) is 29.5 Å². The van der Waals surface area contributed by atoms with Gasteiger partial charge in [0.1, 0.15) is 5.82 Å². The fourth-order valence-corrected chi connectivity index (χ4v) is 4.28. The Morgan fingerprint density at radius 3 is 2.52 bits per heavy atom. The molecule has 33 heavy (non-hydrogen) atoms. The van der Waals surface area contributed by atoms with E-state index in [-0.39, 0.29) is 29.7 Å². The summed E-state index contributed by atoms with van der Waals surface area (Å²) in [4.78, 5) is 28.6. The van der Waals surface area contributed by atoms with Gasteiger partial charge < -0.3 is 10.2 Å². The Morgan fingerprint density at radius 1 is 1.18 bits per heavy atom. The summed E-state index contributed by atoms with van der Waals surface area (Å²) in [5, 5.41) is 10.2. The van der Waals surface area contributed by atoms with Gasteiger partial charge in [0.2, 0.25) is 11.8 Å². The molecule has 1 N–H and O–H groups in total. The largest absolute Gasteiger partial charge is 0.333 e. The summed E-state index contributed by atoms with van der Waals surface area (Å²) in [6.07, 6.45) is 0.295. The number of nitrogens with one attached hydrogen (secondary N) is 1. The summed E-state index contributed by atoms with van der Waals surface area (Å²) < 4.78 is 1.65. The second kappa shape index (κ2) is 10.5. The molecule has 0 aliphatic rings. The Bertz CT molecular complexity index is 1100. The summed E-state index contributed by atoms with van der Waals surface area (Å²) in [7, 11) is 0. The van der Waals surface area contributed by atoms with Gasteiger partial charge in [0, 0.05) is 22.9 Å². The summed E-state index contributed by atoms with van der Waals surface area (Å²) >= 11 is 7.96. The van der Waals surface area contributed by atoms with Crippen LogP contribution >= 0.6 is 22.9 Å². The molecular weight excluding hydrogens is 456 g/mol. The second-order valence-electron chi connectivity index (χ2n) is 9.50. The van der Waals surface area contributed by atoms with Crippen molar-refractivity contribution in [3.8, 4) is 5.69 Å². The number of amides is 2. The molecule has 8 heteroatoms. The molecule has 0 aliphatic heterocycles. The number of para-hydroxylation sites is 1. The zero-order valence-electron chi connectivity index (χ0n) is 19.8. The number of nitrogens with zero attached hydrogens (tertiary/aromatic N) is 3. The molecule has 6 nitrogen and oxygen atoms in total. The molecule has 176 valence electrons. The first-order valence-electron chi connectivity index (χ1n) is 11.0. The Kier molecular flexibility index (Phi) is 7.97. The molecule has 3 aromatic rings. The normalized spacial score (nSPS) is 11.6. The fourth-order valence-electron chi connectivity index (χ4n) is 3.37. The summed E-state index contributed by atoms with van der Waals surface area (Å²) in [5.41, 5.74) is 1.29. The number of hydrogen-bond donors (Lipinski definition) is 1. The number of anilines is 1. The molecule has 2 amide bonds. The van der Waals surface area contributed by atoms with Gasteiger partial charge in [-0.25, -0.2) is 4.68 Å². The summed E-state index contributed by atoms with van der Waals surface area (Å²) in [6, 6.07) is 13.1. The van der Waals surface area contributed by atoms with Gasteiger partial charge in [-0.1, -0.05) is 64.4 Å². The van der Waals surface area contributed by atoms with E-state index < -0.39 is 0 Å². The van der Waals surface area contributed by atoms with Crippen LogP contribution < -0.4 is 5.32 Å². The molecular formula is C25H31ClN4O2S. The van der Waals surface area contributed by atoms with Crippen molar-refractivity contribution in [1.82, 2.24) is 14.7 Å². The van der Waals surface area contributed by atoms with E-state index in [1.54, 1.807) is 27.0 Å². The molecule has 0 radical (unpaired) electrons. The van der Waals surface area contributed by atoms with Crippen LogP contribution in [0.5, 0.6) is 0 Å². The number of carbonyl (C=O) groups excluding carboxylic acids is 2. The fraction of sp³-hybridized carbons (Fsp3) is 0.400. The van der Waals surface area contributed by atoms with E-state index >= 15 is 0 Å². The molecule has 3 rings (SSSR count). The quantitative estimate of drug-likeness (QED) is 0.453. The SMILES string of the molecule is CC(C)CN(CC(=O)Nc1cc(C(C)(C)C)nn1-c1ccccc1Cl)C(=O)Cc1cccs1. The molecule has 0 spiro atoms. The zero-order chi connectivity index (χ0) is 24.2. The Balaban J connectivity index is 1.83. The topological polar surface area (TPSA) is 67.2 Å². The van der Waals surface area contributed by atoms with Crippen LogP contribution in [-0.4, -0.2) is 39.6 Å². The van der Waals surface area contributed by atoms with Crippen molar-refractivity contribution in [3.63, 3.8) is 0 Å². The van der Waals surface area contributed by atoms with Gasteiger partial charge in [-0.15, -0.1) is 11.3 Å². The lowest BCUT2D eigenvalue weighted by atomic mass is 9.92. The predicted molar refractivity (Wildman–Crippen MR) is 135 cm³/mol. The number of hydrogen-bond acceptors (Lipinski definition) is 4. The number of aromatic nitrogens is 2. The minimum atomic E-state index is -0.274. The molecule has 0 unspecified atom stereocenters. The molecule has 0 bridgehead atoms. The lowest BCUT2D eigenvalue weighted by Gasteiger charge is -2.24. The number of benzene rings is 1. The minimum Gasteiger partial charge on any atom is -0.333 e. The van der Waals surface area contributed by atoms with E-state index in [4.69, 9.17) is 16.7 Å². The first kappa shape index (κ1) is 25.0. The smallest absolute Gasteiger partial charge is 0.245 e. The van der Waals surface area contributed by atoms with Crippen LogP contribution in [0.25, 0.3) is 5.69 Å². The highest BCUT2D eigenvalue weighted by Gasteiger charge is 2.24. The monoisotopic (exact) mass is 486 g/mol. The molecule has 2 aromatic heterocycles. The van der Waals surface area contributed by atoms with Gasteiger partial charge in [0.15, 0.2) is 0 Å². The standard InChI is InChI=1S/C25H31ClN4O2S/c1-17(2)15-29(24(32)13-18-9-8-12-33-18)16-23(31)27-22-14-21(25(3,4)5)28-30(22)20-11-7-6-10-19(20)26/h6-12,14,17H,13,15-16H2,1-5H3,(H,27,31). The van der Waals surface area contributed by atoms with Gasteiger partial charge in [-0.3, -0.25) is 9.59 Å². The maximum absolute atomic E-state index is 13.1. The Labute approximate surface area is 204 Å². The Hall–Kier alpha value is -2.64. The molecule has 1 aromatic carbocycles. The van der Waals surface area contributed by atoms with Gasteiger partial charge in [-0.2, -0.15) is 5.10 Å². The number of carbonyl (C=O) groups is 2. The lowest BCUT2D eigenvalue weighted by molar-refractivity contribution is -0.134. The van der Waals surface area contributed by atoms with Crippen LogP contribution in [0.1, 0.15) is 45.2 Å². The van der Waals surface area contributed by atoms with Gasteiger partial charge in [0.25, 0.3) is 0 Å². The van der Waals surface area contributed by atoms with E-state index in [9.17, 15) is 9.59 Å². The van der Waals surface area contributed by atoms with Crippen molar-refractivity contribution in [3.05, 3.63) is 63.4 Å². The van der Waals surface area contributed by atoms with Gasteiger partial charge >= 0.3 is 0 Å². The highest BCUT2D eigenvalue weighted by molar-refractivity contribution is 7.10. The van der Waals surface area contributed by atoms with Crippen molar-refractivity contribution < 1.29 is 9.59 Å². The lowest BCUT2D eigenvalue weighted by Crippen LogP contribution is -2.41. The van der Waals surface area contributed by atoms with E-state index in [1.807, 2.05) is 55.6 Å². The van der Waals surface area contributed by atoms with Crippen molar-refractivity contribution in [2.75, 3.05) is 18.4 Å². The second-order valence-corrected chi connectivity index (χ2v) is 10.9.